The van der Waals surface area contributed by atoms with Gasteiger partial charge in [0.05, 0.1) is 0 Å². The third-order valence-corrected chi connectivity index (χ3v) is 3.35. The highest BCUT2D eigenvalue weighted by molar-refractivity contribution is 5.12. The lowest BCUT2D eigenvalue weighted by Gasteiger charge is -2.26. The van der Waals surface area contributed by atoms with E-state index in [2.05, 4.69) is 17.3 Å². The van der Waals surface area contributed by atoms with E-state index in [1.807, 2.05) is 0 Å². The van der Waals surface area contributed by atoms with E-state index in [0.29, 0.717) is 0 Å². The second-order valence-electron chi connectivity index (χ2n) is 4.19. The van der Waals surface area contributed by atoms with Gasteiger partial charge in [-0.05, 0) is 44.2 Å². The van der Waals surface area contributed by atoms with Gasteiger partial charge in [-0.15, -0.1) is 12.3 Å². The fourth-order valence-electron chi connectivity index (χ4n) is 2.56. The zero-order valence-corrected chi connectivity index (χ0v) is 8.05. The largest absolute Gasteiger partial charge is 0.316 e. The summed E-state index contributed by atoms with van der Waals surface area (Å²) >= 11 is 0. The first kappa shape index (κ1) is 8.84. The molecule has 1 aliphatic carbocycles. The van der Waals surface area contributed by atoms with E-state index in [1.54, 1.807) is 5.57 Å². The Kier molecular flexibility index (Phi) is 2.71. The van der Waals surface area contributed by atoms with Crippen molar-refractivity contribution in [2.45, 2.75) is 25.7 Å². The Morgan fingerprint density at radius 1 is 1.46 bits per heavy atom. The van der Waals surface area contributed by atoms with Crippen molar-refractivity contribution in [3.63, 3.8) is 0 Å². The first-order valence-corrected chi connectivity index (χ1v) is 5.22. The van der Waals surface area contributed by atoms with Crippen molar-refractivity contribution in [3.8, 4) is 12.3 Å². The molecule has 1 heterocycles. The maximum atomic E-state index is 5.25. The average molecular weight is 175 g/mol. The Labute approximate surface area is 80.6 Å². The molecule has 1 nitrogen and oxygen atoms in total. The van der Waals surface area contributed by atoms with Crippen molar-refractivity contribution in [1.82, 2.24) is 5.32 Å². The van der Waals surface area contributed by atoms with Gasteiger partial charge in [0.2, 0.25) is 0 Å². The molecule has 1 saturated carbocycles. The lowest BCUT2D eigenvalue weighted by atomic mass is 9.79. The summed E-state index contributed by atoms with van der Waals surface area (Å²) in [6.45, 7) is 2.46. The predicted molar refractivity (Wildman–Crippen MR) is 55.2 cm³/mol. The monoisotopic (exact) mass is 175 g/mol. The number of rotatable bonds is 1. The van der Waals surface area contributed by atoms with E-state index in [-0.39, 0.29) is 0 Å². The second-order valence-corrected chi connectivity index (χ2v) is 4.19. The van der Waals surface area contributed by atoms with Crippen LogP contribution in [0.15, 0.2) is 11.6 Å². The number of allylic oxidation sites excluding steroid dienone is 2. The second kappa shape index (κ2) is 3.98. The fourth-order valence-corrected chi connectivity index (χ4v) is 2.56. The molecule has 1 heteroatoms. The Balaban J connectivity index is 1.94. The molecule has 2 unspecified atom stereocenters. The van der Waals surface area contributed by atoms with Gasteiger partial charge in [-0.1, -0.05) is 11.6 Å². The smallest absolute Gasteiger partial charge is 0.0269 e. The van der Waals surface area contributed by atoms with Crippen LogP contribution in [0.1, 0.15) is 25.7 Å². The molecule has 0 bridgehead atoms. The number of fused-ring (bicyclic) bond motifs is 1. The predicted octanol–water partition coefficient (Wildman–Crippen LogP) is 1.96. The Morgan fingerprint density at radius 3 is 3.15 bits per heavy atom. The highest BCUT2D eigenvalue weighted by atomic mass is 14.9. The standard InChI is InChI=1S/C12H17N/c1-2-3-4-10-5-6-11-8-13-9-12(11)7-10/h1,4,11-13H,3,5-9H2/b10-4-. The van der Waals surface area contributed by atoms with Crippen molar-refractivity contribution in [2.75, 3.05) is 13.1 Å². The van der Waals surface area contributed by atoms with Gasteiger partial charge >= 0.3 is 0 Å². The first-order valence-electron chi connectivity index (χ1n) is 5.22. The summed E-state index contributed by atoms with van der Waals surface area (Å²) in [7, 11) is 0. The number of terminal acetylenes is 1. The topological polar surface area (TPSA) is 12.0 Å². The minimum Gasteiger partial charge on any atom is -0.316 e. The molecule has 2 rings (SSSR count). The Bertz CT molecular complexity index is 246. The van der Waals surface area contributed by atoms with E-state index < -0.39 is 0 Å². The number of nitrogens with one attached hydrogen (secondary N) is 1. The minimum absolute atomic E-state index is 0.820. The molecular formula is C12H17N. The molecule has 70 valence electrons. The summed E-state index contributed by atoms with van der Waals surface area (Å²) in [5, 5.41) is 3.47. The quantitative estimate of drug-likeness (QED) is 0.474. The Hall–Kier alpha value is -0.740. The van der Waals surface area contributed by atoms with Crippen LogP contribution in [0, 0.1) is 24.2 Å². The summed E-state index contributed by atoms with van der Waals surface area (Å²) in [5.41, 5.74) is 1.60. The van der Waals surface area contributed by atoms with E-state index in [9.17, 15) is 0 Å². The zero-order valence-electron chi connectivity index (χ0n) is 8.05. The van der Waals surface area contributed by atoms with Gasteiger partial charge in [0.25, 0.3) is 0 Å². The molecule has 0 aromatic rings. The van der Waals surface area contributed by atoms with E-state index >= 15 is 0 Å². The van der Waals surface area contributed by atoms with Gasteiger partial charge in [-0.25, -0.2) is 0 Å². The summed E-state index contributed by atoms with van der Waals surface area (Å²) in [5.74, 6) is 4.53. The molecule has 1 aliphatic heterocycles. The van der Waals surface area contributed by atoms with Crippen LogP contribution in [0.3, 0.4) is 0 Å². The maximum absolute atomic E-state index is 5.25. The van der Waals surface area contributed by atoms with E-state index in [0.717, 1.165) is 18.3 Å². The maximum Gasteiger partial charge on any atom is 0.0269 e. The molecule has 1 N–H and O–H groups in total. The molecule has 2 fully saturated rings. The van der Waals surface area contributed by atoms with Crippen molar-refractivity contribution in [2.24, 2.45) is 11.8 Å². The first-order chi connectivity index (χ1) is 6.40. The molecule has 0 aromatic heterocycles. The van der Waals surface area contributed by atoms with Gasteiger partial charge in [0, 0.05) is 6.42 Å². The van der Waals surface area contributed by atoms with Crippen molar-refractivity contribution >= 4 is 0 Å². The molecule has 1 saturated heterocycles. The van der Waals surface area contributed by atoms with Gasteiger partial charge < -0.3 is 5.32 Å². The summed E-state index contributed by atoms with van der Waals surface area (Å²) < 4.78 is 0. The van der Waals surface area contributed by atoms with Crippen LogP contribution in [-0.4, -0.2) is 13.1 Å². The summed E-state index contributed by atoms with van der Waals surface area (Å²) in [6, 6.07) is 0. The Morgan fingerprint density at radius 2 is 2.31 bits per heavy atom. The van der Waals surface area contributed by atoms with Crippen LogP contribution in [-0.2, 0) is 0 Å². The molecule has 2 atom stereocenters. The zero-order chi connectivity index (χ0) is 9.10. The lowest BCUT2D eigenvalue weighted by molar-refractivity contribution is 0.349. The average Bonchev–Trinajstić information content (AvgIpc) is 2.61. The number of hydrogen-bond acceptors (Lipinski definition) is 1. The summed E-state index contributed by atoms with van der Waals surface area (Å²) in [4.78, 5) is 0. The lowest BCUT2D eigenvalue weighted by Crippen LogP contribution is -2.18. The minimum atomic E-state index is 0.820. The van der Waals surface area contributed by atoms with Gasteiger partial charge in [0.15, 0.2) is 0 Å². The van der Waals surface area contributed by atoms with Gasteiger partial charge in [-0.2, -0.15) is 0 Å². The molecular weight excluding hydrogens is 158 g/mol. The molecule has 0 radical (unpaired) electrons. The van der Waals surface area contributed by atoms with Gasteiger partial charge in [-0.3, -0.25) is 0 Å². The highest BCUT2D eigenvalue weighted by Gasteiger charge is 2.30. The van der Waals surface area contributed by atoms with Crippen molar-refractivity contribution in [3.05, 3.63) is 11.6 Å². The molecule has 2 aliphatic rings. The van der Waals surface area contributed by atoms with Crippen LogP contribution in [0.5, 0.6) is 0 Å². The van der Waals surface area contributed by atoms with Crippen LogP contribution in [0.4, 0.5) is 0 Å². The van der Waals surface area contributed by atoms with Crippen LogP contribution < -0.4 is 5.32 Å². The normalized spacial score (nSPS) is 35.8. The summed E-state index contributed by atoms with van der Waals surface area (Å²) in [6.07, 6.45) is 12.3. The SMILES string of the molecule is C#CC/C=C1/CCC2CNCC2C1. The molecule has 0 spiro atoms. The van der Waals surface area contributed by atoms with E-state index in [1.165, 1.54) is 32.4 Å². The third kappa shape index (κ3) is 1.95. The fraction of sp³-hybridized carbons (Fsp3) is 0.667. The molecule has 0 amide bonds. The van der Waals surface area contributed by atoms with Crippen molar-refractivity contribution < 1.29 is 0 Å². The number of hydrogen-bond donors (Lipinski definition) is 1. The van der Waals surface area contributed by atoms with Crippen molar-refractivity contribution in [1.29, 1.82) is 0 Å². The highest BCUT2D eigenvalue weighted by Crippen LogP contribution is 2.35. The molecule has 13 heavy (non-hydrogen) atoms. The molecule has 0 aromatic carbocycles. The third-order valence-electron chi connectivity index (χ3n) is 3.35. The van der Waals surface area contributed by atoms with Gasteiger partial charge in [0.1, 0.15) is 0 Å². The van der Waals surface area contributed by atoms with Crippen LogP contribution in [0.2, 0.25) is 0 Å². The van der Waals surface area contributed by atoms with Crippen LogP contribution in [0.25, 0.3) is 0 Å². The van der Waals surface area contributed by atoms with E-state index in [4.69, 9.17) is 6.42 Å². The van der Waals surface area contributed by atoms with Crippen LogP contribution >= 0.6 is 0 Å².